The summed E-state index contributed by atoms with van der Waals surface area (Å²) in [5.74, 6) is 1.25. The van der Waals surface area contributed by atoms with Gasteiger partial charge in [-0.15, -0.1) is 0 Å². The van der Waals surface area contributed by atoms with E-state index in [1.807, 2.05) is 31.3 Å². The standard InChI is InChI=1S/C22H28FN3O/c1-24-22(25-12-10-18-8-5-9-21(23)14-18)26-13-11-20(15-26)17-27-16-19-6-3-2-4-7-19/h2-9,14,20H,10-13,15-17H2,1H3,(H,24,25). The van der Waals surface area contributed by atoms with Crippen molar-refractivity contribution in [1.82, 2.24) is 10.2 Å². The van der Waals surface area contributed by atoms with Crippen molar-refractivity contribution in [1.29, 1.82) is 0 Å². The first-order valence-corrected chi connectivity index (χ1v) is 9.56. The Balaban J connectivity index is 1.38. The first-order valence-electron chi connectivity index (χ1n) is 9.56. The van der Waals surface area contributed by atoms with E-state index < -0.39 is 0 Å². The Bertz CT molecular complexity index is 735. The average molecular weight is 369 g/mol. The third-order valence-corrected chi connectivity index (χ3v) is 4.85. The molecule has 27 heavy (non-hydrogen) atoms. The summed E-state index contributed by atoms with van der Waals surface area (Å²) in [7, 11) is 1.81. The number of hydrogen-bond acceptors (Lipinski definition) is 2. The lowest BCUT2D eigenvalue weighted by Gasteiger charge is -2.21. The minimum absolute atomic E-state index is 0.185. The van der Waals surface area contributed by atoms with Crippen LogP contribution in [0, 0.1) is 11.7 Å². The van der Waals surface area contributed by atoms with Crippen molar-refractivity contribution in [3.63, 3.8) is 0 Å². The van der Waals surface area contributed by atoms with Crippen LogP contribution in [-0.2, 0) is 17.8 Å². The summed E-state index contributed by atoms with van der Waals surface area (Å²) >= 11 is 0. The van der Waals surface area contributed by atoms with Gasteiger partial charge in [-0.1, -0.05) is 42.5 Å². The van der Waals surface area contributed by atoms with Crippen molar-refractivity contribution in [2.75, 3.05) is 33.3 Å². The summed E-state index contributed by atoms with van der Waals surface area (Å²) in [6.07, 6.45) is 1.88. The highest BCUT2D eigenvalue weighted by molar-refractivity contribution is 5.80. The quantitative estimate of drug-likeness (QED) is 0.600. The summed E-state index contributed by atoms with van der Waals surface area (Å²) < 4.78 is 19.1. The van der Waals surface area contributed by atoms with Gasteiger partial charge in [-0.3, -0.25) is 4.99 Å². The number of nitrogens with zero attached hydrogens (tertiary/aromatic N) is 2. The van der Waals surface area contributed by atoms with Crippen LogP contribution >= 0.6 is 0 Å². The smallest absolute Gasteiger partial charge is 0.193 e. The lowest BCUT2D eigenvalue weighted by atomic mass is 10.1. The number of aliphatic imine (C=N–C) groups is 1. The highest BCUT2D eigenvalue weighted by Gasteiger charge is 2.24. The molecule has 1 saturated heterocycles. The van der Waals surface area contributed by atoms with E-state index in [9.17, 15) is 4.39 Å². The van der Waals surface area contributed by atoms with E-state index in [1.165, 1.54) is 11.6 Å². The first kappa shape index (κ1) is 19.4. The number of likely N-dealkylation sites (tertiary alicyclic amines) is 1. The van der Waals surface area contributed by atoms with Gasteiger partial charge in [0.25, 0.3) is 0 Å². The highest BCUT2D eigenvalue weighted by Crippen LogP contribution is 2.17. The molecule has 0 aliphatic carbocycles. The molecule has 2 aromatic rings. The lowest BCUT2D eigenvalue weighted by Crippen LogP contribution is -2.41. The molecule has 1 N–H and O–H groups in total. The minimum atomic E-state index is -0.185. The molecule has 0 aromatic heterocycles. The predicted molar refractivity (Wildman–Crippen MR) is 107 cm³/mol. The summed E-state index contributed by atoms with van der Waals surface area (Å²) in [5.41, 5.74) is 2.20. The molecule has 5 heteroatoms. The van der Waals surface area contributed by atoms with Gasteiger partial charge in [0, 0.05) is 32.6 Å². The Morgan fingerprint density at radius 3 is 2.78 bits per heavy atom. The van der Waals surface area contributed by atoms with Crippen molar-refractivity contribution >= 4 is 5.96 Å². The molecule has 0 amide bonds. The second-order valence-corrected chi connectivity index (χ2v) is 6.96. The lowest BCUT2D eigenvalue weighted by molar-refractivity contribution is 0.0907. The van der Waals surface area contributed by atoms with E-state index in [2.05, 4.69) is 27.3 Å². The molecular weight excluding hydrogens is 341 g/mol. The Kier molecular flexibility index (Phi) is 7.22. The first-order chi connectivity index (χ1) is 13.2. The van der Waals surface area contributed by atoms with E-state index in [0.29, 0.717) is 12.5 Å². The van der Waals surface area contributed by atoms with Gasteiger partial charge in [-0.25, -0.2) is 4.39 Å². The third-order valence-electron chi connectivity index (χ3n) is 4.85. The summed E-state index contributed by atoms with van der Waals surface area (Å²) in [6, 6.07) is 17.0. The van der Waals surface area contributed by atoms with Crippen LogP contribution in [0.25, 0.3) is 0 Å². The van der Waals surface area contributed by atoms with Crippen LogP contribution in [0.5, 0.6) is 0 Å². The molecule has 0 spiro atoms. The monoisotopic (exact) mass is 369 g/mol. The van der Waals surface area contributed by atoms with Crippen molar-refractivity contribution in [2.45, 2.75) is 19.4 Å². The van der Waals surface area contributed by atoms with Crippen LogP contribution in [0.3, 0.4) is 0 Å². The summed E-state index contributed by atoms with van der Waals surface area (Å²) in [4.78, 5) is 6.68. The van der Waals surface area contributed by atoms with E-state index in [1.54, 1.807) is 12.1 Å². The molecule has 0 saturated carbocycles. The van der Waals surface area contributed by atoms with Gasteiger partial charge in [-0.2, -0.15) is 0 Å². The van der Waals surface area contributed by atoms with Crippen LogP contribution in [0.1, 0.15) is 17.5 Å². The number of nitrogens with one attached hydrogen (secondary N) is 1. The number of ether oxygens (including phenoxy) is 1. The van der Waals surface area contributed by atoms with E-state index in [4.69, 9.17) is 4.74 Å². The summed E-state index contributed by atoms with van der Waals surface area (Å²) in [6.45, 7) is 4.11. The second kappa shape index (κ2) is 10.1. The number of rotatable bonds is 7. The highest BCUT2D eigenvalue weighted by atomic mass is 19.1. The minimum Gasteiger partial charge on any atom is -0.376 e. The molecular formula is C22H28FN3O. The molecule has 144 valence electrons. The molecule has 1 unspecified atom stereocenters. The van der Waals surface area contributed by atoms with Gasteiger partial charge in [0.15, 0.2) is 5.96 Å². The molecule has 1 aliphatic heterocycles. The maximum atomic E-state index is 13.3. The predicted octanol–water partition coefficient (Wildman–Crippen LogP) is 3.48. The van der Waals surface area contributed by atoms with Crippen molar-refractivity contribution < 1.29 is 9.13 Å². The van der Waals surface area contributed by atoms with Gasteiger partial charge in [-0.05, 0) is 36.1 Å². The normalized spacial score (nSPS) is 17.3. The van der Waals surface area contributed by atoms with E-state index in [-0.39, 0.29) is 5.82 Å². The maximum absolute atomic E-state index is 13.3. The number of halogens is 1. The zero-order valence-electron chi connectivity index (χ0n) is 15.9. The van der Waals surface area contributed by atoms with Gasteiger partial charge in [0.2, 0.25) is 0 Å². The molecule has 1 aliphatic rings. The molecule has 0 radical (unpaired) electrons. The number of hydrogen-bond donors (Lipinski definition) is 1. The van der Waals surface area contributed by atoms with Crippen LogP contribution in [0.4, 0.5) is 4.39 Å². The van der Waals surface area contributed by atoms with Gasteiger partial charge < -0.3 is 15.0 Å². The molecule has 0 bridgehead atoms. The maximum Gasteiger partial charge on any atom is 0.193 e. The molecule has 1 fully saturated rings. The molecule has 1 heterocycles. The van der Waals surface area contributed by atoms with Crippen molar-refractivity contribution in [2.24, 2.45) is 10.9 Å². The molecule has 4 nitrogen and oxygen atoms in total. The zero-order chi connectivity index (χ0) is 18.9. The second-order valence-electron chi connectivity index (χ2n) is 6.96. The Labute approximate surface area is 161 Å². The topological polar surface area (TPSA) is 36.9 Å². The Hall–Kier alpha value is -2.40. The fourth-order valence-electron chi connectivity index (χ4n) is 3.42. The van der Waals surface area contributed by atoms with Crippen LogP contribution in [0.15, 0.2) is 59.6 Å². The van der Waals surface area contributed by atoms with Gasteiger partial charge >= 0.3 is 0 Å². The molecule has 1 atom stereocenters. The largest absolute Gasteiger partial charge is 0.376 e. The Morgan fingerprint density at radius 2 is 2.00 bits per heavy atom. The fraction of sp³-hybridized carbons (Fsp3) is 0.409. The van der Waals surface area contributed by atoms with Crippen molar-refractivity contribution in [3.05, 3.63) is 71.5 Å². The van der Waals surface area contributed by atoms with Gasteiger partial charge in [0.1, 0.15) is 5.82 Å². The summed E-state index contributed by atoms with van der Waals surface area (Å²) in [5, 5.41) is 3.39. The SMILES string of the molecule is CN=C(NCCc1cccc(F)c1)N1CCC(COCc2ccccc2)C1. The van der Waals surface area contributed by atoms with Gasteiger partial charge in [0.05, 0.1) is 13.2 Å². The Morgan fingerprint density at radius 1 is 1.19 bits per heavy atom. The average Bonchev–Trinajstić information content (AvgIpc) is 3.15. The van der Waals surface area contributed by atoms with E-state index in [0.717, 1.165) is 50.6 Å². The van der Waals surface area contributed by atoms with Crippen LogP contribution in [-0.4, -0.2) is 44.1 Å². The number of benzene rings is 2. The molecule has 2 aromatic carbocycles. The van der Waals surface area contributed by atoms with Crippen LogP contribution in [0.2, 0.25) is 0 Å². The van der Waals surface area contributed by atoms with Crippen molar-refractivity contribution in [3.8, 4) is 0 Å². The fourth-order valence-corrected chi connectivity index (χ4v) is 3.42. The van der Waals surface area contributed by atoms with Crippen LogP contribution < -0.4 is 5.32 Å². The van der Waals surface area contributed by atoms with E-state index >= 15 is 0 Å². The zero-order valence-corrected chi connectivity index (χ0v) is 15.9. The molecule has 3 rings (SSSR count). The number of guanidine groups is 1. The third kappa shape index (κ3) is 6.07.